The van der Waals surface area contributed by atoms with Gasteiger partial charge in [-0.2, -0.15) is 0 Å². The van der Waals surface area contributed by atoms with E-state index in [9.17, 15) is 8.42 Å². The van der Waals surface area contributed by atoms with Crippen molar-refractivity contribution in [3.63, 3.8) is 0 Å². The van der Waals surface area contributed by atoms with Gasteiger partial charge in [0, 0.05) is 17.5 Å². The van der Waals surface area contributed by atoms with E-state index in [4.69, 9.17) is 0 Å². The predicted octanol–water partition coefficient (Wildman–Crippen LogP) is 2.55. The van der Waals surface area contributed by atoms with Crippen LogP contribution >= 0.6 is 0 Å². The molecule has 1 N–H and O–H groups in total. The highest BCUT2D eigenvalue weighted by atomic mass is 32.2. The van der Waals surface area contributed by atoms with E-state index in [-0.39, 0.29) is 0 Å². The molecule has 102 valence electrons. The van der Waals surface area contributed by atoms with Crippen LogP contribution in [0.15, 0.2) is 59.5 Å². The van der Waals surface area contributed by atoms with E-state index in [1.54, 1.807) is 24.3 Å². The molecule has 0 amide bonds. The van der Waals surface area contributed by atoms with E-state index in [2.05, 4.69) is 17.2 Å². The zero-order valence-corrected chi connectivity index (χ0v) is 11.9. The topological polar surface area (TPSA) is 46.2 Å². The molecule has 0 saturated carbocycles. The highest BCUT2D eigenvalue weighted by Crippen LogP contribution is 2.13. The maximum atomic E-state index is 11.3. The third kappa shape index (κ3) is 4.15. The molecule has 0 aliphatic heterocycles. The fourth-order valence-corrected chi connectivity index (χ4v) is 2.26. The summed E-state index contributed by atoms with van der Waals surface area (Å²) < 4.78 is 22.6. The van der Waals surface area contributed by atoms with Crippen molar-refractivity contribution in [2.75, 3.05) is 18.1 Å². The molecule has 2 rings (SSSR count). The molecule has 0 unspecified atom stereocenters. The lowest BCUT2D eigenvalue weighted by molar-refractivity contribution is 0.602. The molecule has 0 aliphatic carbocycles. The zero-order valence-electron chi connectivity index (χ0n) is 11.1. The number of rotatable bonds is 3. The average molecular weight is 285 g/mol. The van der Waals surface area contributed by atoms with E-state index in [1.165, 1.54) is 6.26 Å². The molecule has 0 aromatic heterocycles. The standard InChI is InChI=1S/C16H15NO2S/c1-20(18,19)16-11-9-15(10-12-16)17-13-5-8-14-6-3-2-4-7-14/h2-4,6-7,9-12,17H,13H2,1H3. The predicted molar refractivity (Wildman–Crippen MR) is 81.4 cm³/mol. The lowest BCUT2D eigenvalue weighted by atomic mass is 10.2. The Morgan fingerprint density at radius 1 is 1.00 bits per heavy atom. The fraction of sp³-hybridized carbons (Fsp3) is 0.125. The molecule has 0 atom stereocenters. The number of hydrogen-bond acceptors (Lipinski definition) is 3. The van der Waals surface area contributed by atoms with Gasteiger partial charge >= 0.3 is 0 Å². The van der Waals surface area contributed by atoms with E-state index in [1.807, 2.05) is 30.3 Å². The lowest BCUT2D eigenvalue weighted by Crippen LogP contribution is -2.00. The summed E-state index contributed by atoms with van der Waals surface area (Å²) in [7, 11) is -3.14. The van der Waals surface area contributed by atoms with Gasteiger partial charge in [0.05, 0.1) is 11.4 Å². The van der Waals surface area contributed by atoms with Gasteiger partial charge in [-0.15, -0.1) is 0 Å². The monoisotopic (exact) mass is 285 g/mol. The Kier molecular flexibility index (Phi) is 4.44. The Hall–Kier alpha value is -2.25. The molecule has 0 spiro atoms. The van der Waals surface area contributed by atoms with Crippen molar-refractivity contribution < 1.29 is 8.42 Å². The van der Waals surface area contributed by atoms with Gasteiger partial charge in [0.15, 0.2) is 9.84 Å². The van der Waals surface area contributed by atoms with Crippen molar-refractivity contribution in [2.45, 2.75) is 4.90 Å². The van der Waals surface area contributed by atoms with Crippen LogP contribution < -0.4 is 5.32 Å². The van der Waals surface area contributed by atoms with Crippen molar-refractivity contribution >= 4 is 15.5 Å². The quantitative estimate of drug-likeness (QED) is 0.882. The van der Waals surface area contributed by atoms with Crippen molar-refractivity contribution in [3.8, 4) is 11.8 Å². The van der Waals surface area contributed by atoms with Gasteiger partial charge < -0.3 is 5.32 Å². The summed E-state index contributed by atoms with van der Waals surface area (Å²) in [5.41, 5.74) is 1.82. The van der Waals surface area contributed by atoms with Crippen LogP contribution in [0.2, 0.25) is 0 Å². The molecule has 0 fully saturated rings. The Balaban J connectivity index is 1.94. The SMILES string of the molecule is CS(=O)(=O)c1ccc(NCC#Cc2ccccc2)cc1. The maximum absolute atomic E-state index is 11.3. The highest BCUT2D eigenvalue weighted by Gasteiger charge is 2.05. The van der Waals surface area contributed by atoms with Gasteiger partial charge in [0.25, 0.3) is 0 Å². The minimum absolute atomic E-state index is 0.318. The van der Waals surface area contributed by atoms with Gasteiger partial charge in [0.2, 0.25) is 0 Å². The second-order valence-electron chi connectivity index (χ2n) is 4.32. The Bertz CT molecular complexity index is 724. The second-order valence-corrected chi connectivity index (χ2v) is 6.33. The Morgan fingerprint density at radius 2 is 1.65 bits per heavy atom. The number of sulfone groups is 1. The van der Waals surface area contributed by atoms with Crippen molar-refractivity contribution in [3.05, 3.63) is 60.2 Å². The Morgan fingerprint density at radius 3 is 2.25 bits per heavy atom. The number of nitrogens with one attached hydrogen (secondary N) is 1. The summed E-state index contributed by atoms with van der Waals surface area (Å²) in [5, 5.41) is 3.13. The van der Waals surface area contributed by atoms with Gasteiger partial charge in [-0.1, -0.05) is 30.0 Å². The third-order valence-electron chi connectivity index (χ3n) is 2.67. The van der Waals surface area contributed by atoms with Crippen LogP contribution in [-0.2, 0) is 9.84 Å². The van der Waals surface area contributed by atoms with E-state index >= 15 is 0 Å². The number of benzene rings is 2. The average Bonchev–Trinajstić information content (AvgIpc) is 2.44. The van der Waals surface area contributed by atoms with Gasteiger partial charge in [-0.05, 0) is 36.4 Å². The van der Waals surface area contributed by atoms with Crippen LogP contribution in [0.5, 0.6) is 0 Å². The molecular formula is C16H15NO2S. The van der Waals surface area contributed by atoms with Crippen molar-refractivity contribution in [1.29, 1.82) is 0 Å². The van der Waals surface area contributed by atoms with E-state index in [0.29, 0.717) is 11.4 Å². The second kappa shape index (κ2) is 6.27. The molecule has 0 bridgehead atoms. The normalized spacial score (nSPS) is 10.4. The first kappa shape index (κ1) is 14.2. The molecule has 0 saturated heterocycles. The molecule has 20 heavy (non-hydrogen) atoms. The van der Waals surface area contributed by atoms with E-state index < -0.39 is 9.84 Å². The number of hydrogen-bond donors (Lipinski definition) is 1. The first-order chi connectivity index (χ1) is 9.55. The minimum atomic E-state index is -3.14. The van der Waals surface area contributed by atoms with Gasteiger partial charge in [-0.3, -0.25) is 0 Å². The summed E-state index contributed by atoms with van der Waals surface area (Å²) in [6.45, 7) is 0.507. The van der Waals surface area contributed by atoms with Crippen molar-refractivity contribution in [2.24, 2.45) is 0 Å². The largest absolute Gasteiger partial charge is 0.374 e. The molecule has 2 aromatic carbocycles. The molecule has 3 nitrogen and oxygen atoms in total. The fourth-order valence-electron chi connectivity index (χ4n) is 1.63. The zero-order chi connectivity index (χ0) is 14.4. The highest BCUT2D eigenvalue weighted by molar-refractivity contribution is 7.90. The summed E-state index contributed by atoms with van der Waals surface area (Å²) in [6.07, 6.45) is 1.20. The maximum Gasteiger partial charge on any atom is 0.175 e. The summed E-state index contributed by atoms with van der Waals surface area (Å²) in [4.78, 5) is 0.318. The molecule has 0 radical (unpaired) electrons. The van der Waals surface area contributed by atoms with Crippen LogP contribution in [-0.4, -0.2) is 21.2 Å². The first-order valence-corrected chi connectivity index (χ1v) is 8.03. The summed E-state index contributed by atoms with van der Waals surface area (Å²) in [6, 6.07) is 16.4. The molecule has 2 aromatic rings. The van der Waals surface area contributed by atoms with Crippen LogP contribution in [0.3, 0.4) is 0 Å². The van der Waals surface area contributed by atoms with Gasteiger partial charge in [0.1, 0.15) is 0 Å². The van der Waals surface area contributed by atoms with Crippen LogP contribution in [0.1, 0.15) is 5.56 Å². The summed E-state index contributed by atoms with van der Waals surface area (Å²) >= 11 is 0. The molecular weight excluding hydrogens is 270 g/mol. The molecule has 4 heteroatoms. The summed E-state index contributed by atoms with van der Waals surface area (Å²) in [5.74, 6) is 6.06. The molecule has 0 aliphatic rings. The lowest BCUT2D eigenvalue weighted by Gasteiger charge is -2.03. The number of anilines is 1. The third-order valence-corrected chi connectivity index (χ3v) is 3.80. The van der Waals surface area contributed by atoms with Crippen LogP contribution in [0.25, 0.3) is 0 Å². The van der Waals surface area contributed by atoms with Gasteiger partial charge in [-0.25, -0.2) is 8.42 Å². The van der Waals surface area contributed by atoms with E-state index in [0.717, 1.165) is 11.3 Å². The smallest absolute Gasteiger partial charge is 0.175 e. The van der Waals surface area contributed by atoms with Crippen LogP contribution in [0.4, 0.5) is 5.69 Å². The molecule has 0 heterocycles. The van der Waals surface area contributed by atoms with Crippen molar-refractivity contribution in [1.82, 2.24) is 0 Å². The Labute approximate surface area is 119 Å². The van der Waals surface area contributed by atoms with Crippen LogP contribution in [0, 0.1) is 11.8 Å². The minimum Gasteiger partial charge on any atom is -0.374 e. The first-order valence-electron chi connectivity index (χ1n) is 6.13.